The molecule has 13 heteroatoms. The van der Waals surface area contributed by atoms with Gasteiger partial charge in [-0.05, 0) is 66.9 Å². The molecule has 2 atom stereocenters. The molecule has 1 aliphatic heterocycles. The Bertz CT molecular complexity index is 1150. The molecule has 1 heterocycles. The van der Waals surface area contributed by atoms with Gasteiger partial charge in [-0.3, -0.25) is 9.59 Å². The van der Waals surface area contributed by atoms with Crippen molar-refractivity contribution >= 4 is 24.3 Å². The summed E-state index contributed by atoms with van der Waals surface area (Å²) in [6.07, 6.45) is -9.86. The zero-order valence-corrected chi connectivity index (χ0v) is 21.9. The average molecular weight is 585 g/mol. The molecule has 216 valence electrons. The molecule has 1 saturated heterocycles. The van der Waals surface area contributed by atoms with Gasteiger partial charge in [0.15, 0.2) is 0 Å². The Morgan fingerprint density at radius 3 is 2.13 bits per heavy atom. The molecule has 0 spiro atoms. The lowest BCUT2D eigenvalue weighted by Gasteiger charge is -2.40. The Morgan fingerprint density at radius 1 is 1.03 bits per heavy atom. The van der Waals surface area contributed by atoms with Crippen molar-refractivity contribution in [1.29, 1.82) is 0 Å². The number of hydrogen-bond acceptors (Lipinski definition) is 3. The van der Waals surface area contributed by atoms with Gasteiger partial charge in [0, 0.05) is 38.5 Å². The minimum atomic E-state index is -5.01. The maximum absolute atomic E-state index is 13.7. The number of halogens is 8. The van der Waals surface area contributed by atoms with Crippen molar-refractivity contribution in [3.8, 4) is 0 Å². The number of carboxylic acid groups (broad SMARTS) is 1. The van der Waals surface area contributed by atoms with Crippen LogP contribution in [-0.4, -0.2) is 53.5 Å². The van der Waals surface area contributed by atoms with Crippen molar-refractivity contribution in [2.75, 3.05) is 26.7 Å². The molecule has 1 fully saturated rings. The van der Waals surface area contributed by atoms with Gasteiger partial charge in [-0.15, -0.1) is 12.4 Å². The van der Waals surface area contributed by atoms with Crippen LogP contribution in [0, 0.1) is 18.7 Å². The molecule has 39 heavy (non-hydrogen) atoms. The zero-order chi connectivity index (χ0) is 28.4. The summed E-state index contributed by atoms with van der Waals surface area (Å²) in [7, 11) is 1.31. The van der Waals surface area contributed by atoms with E-state index in [0.29, 0.717) is 29.8 Å². The van der Waals surface area contributed by atoms with Gasteiger partial charge in [-0.25, -0.2) is 4.39 Å². The van der Waals surface area contributed by atoms with Crippen LogP contribution in [0.5, 0.6) is 0 Å². The highest BCUT2D eigenvalue weighted by Crippen LogP contribution is 2.38. The SMILES string of the molecule is Cc1cc(F)ccc1C1CN(CCC(=O)O)CCC1C(=O)N(C)Cc1cc(C(F)(F)F)cc(C(F)(F)F)c1.Cl. The number of aryl methyl sites for hydroxylation is 1. The van der Waals surface area contributed by atoms with Crippen LogP contribution in [0.15, 0.2) is 36.4 Å². The molecule has 2 aromatic rings. The molecule has 2 unspecified atom stereocenters. The number of carbonyl (C=O) groups is 2. The molecule has 3 rings (SSSR count). The summed E-state index contributed by atoms with van der Waals surface area (Å²) in [6, 6.07) is 5.30. The second-order valence-electron chi connectivity index (χ2n) is 9.56. The maximum Gasteiger partial charge on any atom is 0.416 e. The lowest BCUT2D eigenvalue weighted by atomic mass is 9.78. The molecule has 0 aliphatic carbocycles. The molecule has 1 aliphatic rings. The largest absolute Gasteiger partial charge is 0.481 e. The van der Waals surface area contributed by atoms with Crippen molar-refractivity contribution in [2.45, 2.75) is 44.6 Å². The number of carboxylic acids is 1. The van der Waals surface area contributed by atoms with E-state index in [1.807, 2.05) is 4.90 Å². The highest BCUT2D eigenvalue weighted by molar-refractivity contribution is 5.85. The lowest BCUT2D eigenvalue weighted by molar-refractivity contribution is -0.143. The summed E-state index contributed by atoms with van der Waals surface area (Å²) in [5.74, 6) is -3.13. The molecule has 5 nitrogen and oxygen atoms in total. The second-order valence-corrected chi connectivity index (χ2v) is 9.56. The Morgan fingerprint density at radius 2 is 1.62 bits per heavy atom. The number of carbonyl (C=O) groups excluding carboxylic acids is 1. The Balaban J connectivity index is 0.00000533. The number of nitrogens with zero attached hydrogens (tertiary/aromatic N) is 2. The van der Waals surface area contributed by atoms with Gasteiger partial charge in [0.25, 0.3) is 0 Å². The monoisotopic (exact) mass is 584 g/mol. The number of benzene rings is 2. The molecular weight excluding hydrogens is 557 g/mol. The van der Waals surface area contributed by atoms with Crippen molar-refractivity contribution in [1.82, 2.24) is 9.80 Å². The number of piperidine rings is 1. The molecule has 0 radical (unpaired) electrons. The Kier molecular flexibility index (Phi) is 10.4. The zero-order valence-electron chi connectivity index (χ0n) is 21.1. The summed E-state index contributed by atoms with van der Waals surface area (Å²) in [5, 5.41) is 9.02. The third kappa shape index (κ3) is 8.31. The van der Waals surface area contributed by atoms with Gasteiger partial charge >= 0.3 is 18.3 Å². The topological polar surface area (TPSA) is 60.9 Å². The fourth-order valence-electron chi connectivity index (χ4n) is 4.89. The maximum atomic E-state index is 13.7. The van der Waals surface area contributed by atoms with Crippen LogP contribution in [0.4, 0.5) is 30.7 Å². The molecule has 0 bridgehead atoms. The first-order valence-electron chi connectivity index (χ1n) is 11.8. The van der Waals surface area contributed by atoms with Gasteiger partial charge in [-0.2, -0.15) is 26.3 Å². The van der Waals surface area contributed by atoms with E-state index in [0.717, 1.165) is 4.90 Å². The fourth-order valence-corrected chi connectivity index (χ4v) is 4.89. The minimum Gasteiger partial charge on any atom is -0.481 e. The predicted molar refractivity (Wildman–Crippen MR) is 131 cm³/mol. The first-order valence-corrected chi connectivity index (χ1v) is 11.8. The molecule has 0 saturated carbocycles. The predicted octanol–water partition coefficient (Wildman–Crippen LogP) is 6.13. The first-order chi connectivity index (χ1) is 17.6. The number of alkyl halides is 6. The second kappa shape index (κ2) is 12.5. The third-order valence-electron chi connectivity index (χ3n) is 6.73. The highest BCUT2D eigenvalue weighted by atomic mass is 35.5. The number of likely N-dealkylation sites (tertiary alicyclic amines) is 1. The van der Waals surface area contributed by atoms with Crippen molar-refractivity contribution in [3.05, 3.63) is 70.0 Å². The van der Waals surface area contributed by atoms with E-state index in [1.54, 1.807) is 13.0 Å². The van der Waals surface area contributed by atoms with Crippen molar-refractivity contribution in [2.24, 2.45) is 5.92 Å². The van der Waals surface area contributed by atoms with Crippen LogP contribution in [0.1, 0.15) is 46.6 Å². The Hall–Kier alpha value is -2.86. The molecule has 1 amide bonds. The average Bonchev–Trinajstić information content (AvgIpc) is 2.81. The summed E-state index contributed by atoms with van der Waals surface area (Å²) >= 11 is 0. The van der Waals surface area contributed by atoms with Crippen LogP contribution >= 0.6 is 12.4 Å². The lowest BCUT2D eigenvalue weighted by Crippen LogP contribution is -2.46. The van der Waals surface area contributed by atoms with E-state index < -0.39 is 59.6 Å². The van der Waals surface area contributed by atoms with Gasteiger partial charge in [-0.1, -0.05) is 6.07 Å². The number of hydrogen-bond donors (Lipinski definition) is 1. The van der Waals surface area contributed by atoms with Gasteiger partial charge in [0.2, 0.25) is 5.91 Å². The quantitative estimate of drug-likeness (QED) is 0.398. The van der Waals surface area contributed by atoms with Crippen molar-refractivity contribution in [3.63, 3.8) is 0 Å². The van der Waals surface area contributed by atoms with E-state index >= 15 is 0 Å². The van der Waals surface area contributed by atoms with Gasteiger partial charge in [0.05, 0.1) is 17.5 Å². The fraction of sp³-hybridized carbons (Fsp3) is 0.462. The molecule has 2 aromatic carbocycles. The summed E-state index contributed by atoms with van der Waals surface area (Å²) in [6.45, 7) is 2.07. The minimum absolute atomic E-state index is 0. The normalized spacial score (nSPS) is 18.4. The van der Waals surface area contributed by atoms with Crippen molar-refractivity contribution < 1.29 is 45.4 Å². The highest BCUT2D eigenvalue weighted by Gasteiger charge is 2.39. The number of amides is 1. The first kappa shape index (κ1) is 32.4. The van der Waals surface area contributed by atoms with Crippen LogP contribution in [-0.2, 0) is 28.5 Å². The van der Waals surface area contributed by atoms with E-state index in [9.17, 15) is 40.3 Å². The van der Waals surface area contributed by atoms with Gasteiger partial charge in [0.1, 0.15) is 5.82 Å². The summed E-state index contributed by atoms with van der Waals surface area (Å²) in [5.41, 5.74) is -2.01. The van der Waals surface area contributed by atoms with Crippen LogP contribution in [0.3, 0.4) is 0 Å². The number of rotatable bonds is 7. The molecule has 1 N–H and O–H groups in total. The summed E-state index contributed by atoms with van der Waals surface area (Å²) in [4.78, 5) is 27.5. The van der Waals surface area contributed by atoms with Crippen LogP contribution in [0.2, 0.25) is 0 Å². The van der Waals surface area contributed by atoms with E-state index in [1.165, 1.54) is 19.2 Å². The van der Waals surface area contributed by atoms with Gasteiger partial charge < -0.3 is 14.9 Å². The summed E-state index contributed by atoms with van der Waals surface area (Å²) < 4.78 is 93.3. The van der Waals surface area contributed by atoms with E-state index in [2.05, 4.69) is 0 Å². The van der Waals surface area contributed by atoms with Crippen LogP contribution in [0.25, 0.3) is 0 Å². The molecule has 0 aromatic heterocycles. The smallest absolute Gasteiger partial charge is 0.416 e. The van der Waals surface area contributed by atoms with E-state index in [-0.39, 0.29) is 50.0 Å². The third-order valence-corrected chi connectivity index (χ3v) is 6.73. The Labute approximate surface area is 227 Å². The standard InChI is InChI=1S/C26H27F7N2O3.ClH/c1-15-9-19(27)3-4-20(15)22-14-35(8-6-23(36)37)7-5-21(22)24(38)34(2)13-16-10-17(25(28,29)30)12-18(11-16)26(31,32)33;/h3-4,9-12,21-22H,5-8,13-14H2,1-2H3,(H,36,37);1H. The van der Waals surface area contributed by atoms with E-state index in [4.69, 9.17) is 5.11 Å². The molecular formula is C26H28ClF7N2O3. The van der Waals surface area contributed by atoms with Crippen LogP contribution < -0.4 is 0 Å². The number of aliphatic carboxylic acids is 1.